The SMILES string of the molecule is COc1cc(N)cc(OCC#Cc2cnc(N3CCC4(CC3)Cc3ccccc3[C@H]4NS(=O)C(C)(C)C)c(CO)n2)c1. The molecule has 42 heavy (non-hydrogen) atoms. The van der Waals surface area contributed by atoms with Gasteiger partial charge in [0.05, 0.1) is 41.7 Å². The van der Waals surface area contributed by atoms with Crippen molar-refractivity contribution in [2.45, 2.75) is 57.4 Å². The first-order chi connectivity index (χ1) is 20.1. The second-order valence-corrected chi connectivity index (χ2v) is 13.9. The van der Waals surface area contributed by atoms with Gasteiger partial charge in [-0.2, -0.15) is 0 Å². The first-order valence-corrected chi connectivity index (χ1v) is 15.3. The number of piperidine rings is 1. The van der Waals surface area contributed by atoms with Crippen molar-refractivity contribution in [3.8, 4) is 23.3 Å². The zero-order valence-corrected chi connectivity index (χ0v) is 25.5. The predicted octanol–water partition coefficient (Wildman–Crippen LogP) is 3.93. The summed E-state index contributed by atoms with van der Waals surface area (Å²) in [6.07, 6.45) is 4.40. The molecule has 0 saturated carbocycles. The summed E-state index contributed by atoms with van der Waals surface area (Å²) in [7, 11) is 0.386. The van der Waals surface area contributed by atoms with Crippen LogP contribution in [-0.4, -0.2) is 50.8 Å². The monoisotopic (exact) mass is 589 g/mol. The second kappa shape index (κ2) is 12.3. The van der Waals surface area contributed by atoms with Gasteiger partial charge < -0.3 is 25.2 Å². The molecule has 1 unspecified atom stereocenters. The lowest BCUT2D eigenvalue weighted by Crippen LogP contribution is -2.48. The van der Waals surface area contributed by atoms with Gasteiger partial charge in [-0.15, -0.1) is 0 Å². The number of aromatic nitrogens is 2. The molecular weight excluding hydrogens is 550 g/mol. The van der Waals surface area contributed by atoms with Crippen LogP contribution in [0.3, 0.4) is 0 Å². The summed E-state index contributed by atoms with van der Waals surface area (Å²) in [5.74, 6) is 7.77. The lowest BCUT2D eigenvalue weighted by atomic mass is 9.73. The van der Waals surface area contributed by atoms with Gasteiger partial charge in [-0.3, -0.25) is 0 Å². The molecule has 1 fully saturated rings. The second-order valence-electron chi connectivity index (χ2n) is 11.9. The van der Waals surface area contributed by atoms with Crippen LogP contribution in [-0.2, 0) is 24.0 Å². The molecule has 1 aliphatic carbocycles. The van der Waals surface area contributed by atoms with Crippen LogP contribution in [0.2, 0.25) is 0 Å². The lowest BCUT2D eigenvalue weighted by molar-refractivity contribution is 0.177. The van der Waals surface area contributed by atoms with Crippen LogP contribution >= 0.6 is 0 Å². The Balaban J connectivity index is 1.27. The largest absolute Gasteiger partial charge is 0.497 e. The van der Waals surface area contributed by atoms with Crippen LogP contribution in [0, 0.1) is 17.3 Å². The van der Waals surface area contributed by atoms with Crippen molar-refractivity contribution in [1.29, 1.82) is 0 Å². The Morgan fingerprint density at radius 2 is 1.93 bits per heavy atom. The first kappa shape index (κ1) is 29.8. The van der Waals surface area contributed by atoms with Crippen molar-refractivity contribution in [3.05, 3.63) is 71.2 Å². The third kappa shape index (κ3) is 6.38. The number of nitrogens with two attached hydrogens (primary N) is 1. The molecule has 2 atom stereocenters. The van der Waals surface area contributed by atoms with E-state index in [9.17, 15) is 9.32 Å². The van der Waals surface area contributed by atoms with Crippen molar-refractivity contribution in [2.75, 3.05) is 37.4 Å². The molecule has 0 amide bonds. The van der Waals surface area contributed by atoms with E-state index in [0.29, 0.717) is 34.4 Å². The summed E-state index contributed by atoms with van der Waals surface area (Å²) in [5, 5.41) is 10.1. The summed E-state index contributed by atoms with van der Waals surface area (Å²) < 4.78 is 27.2. The third-order valence-corrected chi connectivity index (χ3v) is 9.56. The molecule has 1 aromatic heterocycles. The Kier molecular flexibility index (Phi) is 8.73. The first-order valence-electron chi connectivity index (χ1n) is 14.2. The number of ether oxygens (including phenoxy) is 2. The number of anilines is 2. The molecule has 0 bridgehead atoms. The zero-order chi connectivity index (χ0) is 29.9. The van der Waals surface area contributed by atoms with Gasteiger partial charge >= 0.3 is 0 Å². The maximum Gasteiger partial charge on any atom is 0.152 e. The van der Waals surface area contributed by atoms with E-state index in [2.05, 4.69) is 55.7 Å². The zero-order valence-electron chi connectivity index (χ0n) is 24.6. The topological polar surface area (TPSA) is 123 Å². The Morgan fingerprint density at radius 1 is 1.19 bits per heavy atom. The predicted molar refractivity (Wildman–Crippen MR) is 166 cm³/mol. The minimum Gasteiger partial charge on any atom is -0.497 e. The highest BCUT2D eigenvalue weighted by Crippen LogP contribution is 2.52. The van der Waals surface area contributed by atoms with Crippen LogP contribution in [0.25, 0.3) is 0 Å². The summed E-state index contributed by atoms with van der Waals surface area (Å²) in [6, 6.07) is 13.7. The summed E-state index contributed by atoms with van der Waals surface area (Å²) >= 11 is 0. The van der Waals surface area contributed by atoms with Crippen molar-refractivity contribution in [2.24, 2.45) is 5.41 Å². The molecule has 9 nitrogen and oxygen atoms in total. The number of methoxy groups -OCH3 is 1. The maximum atomic E-state index is 13.2. The molecular formula is C32H39N5O4S. The number of aliphatic hydroxyl groups excluding tert-OH is 1. The fourth-order valence-corrected chi connectivity index (χ4v) is 6.73. The molecule has 1 aliphatic heterocycles. The molecule has 4 N–H and O–H groups in total. The highest BCUT2D eigenvalue weighted by Gasteiger charge is 2.49. The van der Waals surface area contributed by atoms with Gasteiger partial charge in [0.1, 0.15) is 29.5 Å². The van der Waals surface area contributed by atoms with E-state index in [1.807, 2.05) is 20.8 Å². The highest BCUT2D eigenvalue weighted by atomic mass is 32.2. The molecule has 5 rings (SSSR count). The van der Waals surface area contributed by atoms with E-state index < -0.39 is 11.0 Å². The average molecular weight is 590 g/mol. The van der Waals surface area contributed by atoms with E-state index in [-0.39, 0.29) is 29.4 Å². The molecule has 0 radical (unpaired) electrons. The van der Waals surface area contributed by atoms with Crippen LogP contribution in [0.15, 0.2) is 48.7 Å². The smallest absolute Gasteiger partial charge is 0.152 e. The van der Waals surface area contributed by atoms with Gasteiger partial charge in [0, 0.05) is 37.0 Å². The lowest BCUT2D eigenvalue weighted by Gasteiger charge is -2.44. The normalized spacial score (nSPS) is 18.2. The van der Waals surface area contributed by atoms with Gasteiger partial charge in [0.15, 0.2) is 5.82 Å². The van der Waals surface area contributed by atoms with Gasteiger partial charge in [-0.05, 0) is 62.5 Å². The number of hydrogen-bond donors (Lipinski definition) is 3. The quantitative estimate of drug-likeness (QED) is 0.280. The van der Waals surface area contributed by atoms with Crippen molar-refractivity contribution in [3.63, 3.8) is 0 Å². The van der Waals surface area contributed by atoms with Crippen molar-refractivity contribution < 1.29 is 18.8 Å². The van der Waals surface area contributed by atoms with E-state index in [0.717, 1.165) is 32.4 Å². The average Bonchev–Trinajstić information content (AvgIpc) is 3.27. The minimum absolute atomic E-state index is 0.0209. The number of aliphatic hydroxyl groups is 1. The Bertz CT molecular complexity index is 1520. The molecule has 10 heteroatoms. The summed E-state index contributed by atoms with van der Waals surface area (Å²) in [5.41, 5.74) is 9.92. The molecule has 222 valence electrons. The van der Waals surface area contributed by atoms with Crippen molar-refractivity contribution >= 4 is 22.5 Å². The Morgan fingerprint density at radius 3 is 2.64 bits per heavy atom. The van der Waals surface area contributed by atoms with Gasteiger partial charge in [-0.1, -0.05) is 30.2 Å². The van der Waals surface area contributed by atoms with Crippen molar-refractivity contribution in [1.82, 2.24) is 14.7 Å². The van der Waals surface area contributed by atoms with E-state index in [1.165, 1.54) is 11.1 Å². The Hall–Kier alpha value is -3.65. The van der Waals surface area contributed by atoms with Crippen LogP contribution in [0.5, 0.6) is 11.5 Å². The van der Waals surface area contributed by atoms with Crippen LogP contribution in [0.1, 0.15) is 62.2 Å². The number of hydrogen-bond acceptors (Lipinski definition) is 8. The molecule has 2 aliphatic rings. The molecule has 1 saturated heterocycles. The third-order valence-electron chi connectivity index (χ3n) is 8.00. The van der Waals surface area contributed by atoms with E-state index in [4.69, 9.17) is 15.2 Å². The molecule has 2 aromatic carbocycles. The van der Waals surface area contributed by atoms with Crippen LogP contribution < -0.4 is 24.8 Å². The maximum absolute atomic E-state index is 13.2. The number of nitrogens with zero attached hydrogens (tertiary/aromatic N) is 3. The molecule has 1 spiro atoms. The highest BCUT2D eigenvalue weighted by molar-refractivity contribution is 7.84. The fraction of sp³-hybridized carbons (Fsp3) is 0.438. The van der Waals surface area contributed by atoms with E-state index in [1.54, 1.807) is 31.5 Å². The Labute approximate surface area is 250 Å². The number of nitrogens with one attached hydrogen (secondary N) is 1. The van der Waals surface area contributed by atoms with Gasteiger partial charge in [0.25, 0.3) is 0 Å². The number of rotatable bonds is 7. The number of benzene rings is 2. The fourth-order valence-electron chi connectivity index (χ4n) is 5.78. The molecule has 3 aromatic rings. The summed E-state index contributed by atoms with van der Waals surface area (Å²) in [6.45, 7) is 7.42. The minimum atomic E-state index is -1.18. The number of fused-ring (bicyclic) bond motifs is 1. The molecule has 2 heterocycles. The summed E-state index contributed by atoms with van der Waals surface area (Å²) in [4.78, 5) is 11.4. The standard InChI is InChI=1S/C32H39N5O4S/c1-31(2,3)42(39)36-29-27-10-6-5-8-22(27)19-32(29)11-13-37(14-12-32)30-28(21-38)35-24(20-34-30)9-7-15-41-26-17-23(33)16-25(18-26)40-4/h5-6,8,10,16-18,20,29,36,38H,11-15,19,21,33H2,1-4H3/t29-,42?/m1/s1. The van der Waals surface area contributed by atoms with Gasteiger partial charge in [-0.25, -0.2) is 18.9 Å². The van der Waals surface area contributed by atoms with E-state index >= 15 is 0 Å². The van der Waals surface area contributed by atoms with Gasteiger partial charge in [0.2, 0.25) is 0 Å². The van der Waals surface area contributed by atoms with Crippen LogP contribution in [0.4, 0.5) is 11.5 Å². The number of nitrogen functional groups attached to an aromatic ring is 1.